The van der Waals surface area contributed by atoms with Gasteiger partial charge in [0.2, 0.25) is 8.32 Å². The van der Waals surface area contributed by atoms with Crippen molar-refractivity contribution >= 4 is 14.3 Å². The molecular weight excluding hydrogens is 220 g/mol. The van der Waals surface area contributed by atoms with Crippen molar-refractivity contribution in [2.24, 2.45) is 0 Å². The summed E-state index contributed by atoms with van der Waals surface area (Å²) in [4.78, 5) is 11.9. The molecule has 0 aliphatic carbocycles. The number of hydrogen-bond donors (Lipinski definition) is 0. The lowest BCUT2D eigenvalue weighted by molar-refractivity contribution is -0.135. The largest absolute Gasteiger partial charge is 0.466 e. The van der Waals surface area contributed by atoms with E-state index in [0.717, 1.165) is 10.8 Å². The van der Waals surface area contributed by atoms with Gasteiger partial charge in [0, 0.05) is 0 Å². The molecule has 0 unspecified atom stereocenters. The van der Waals surface area contributed by atoms with Crippen LogP contribution in [0.5, 0.6) is 0 Å². The van der Waals surface area contributed by atoms with Gasteiger partial charge in [-0.15, -0.1) is 0 Å². The minimum atomic E-state index is -2.16. The third kappa shape index (κ3) is 1.84. The summed E-state index contributed by atoms with van der Waals surface area (Å²) < 4.78 is 11.0. The minimum Gasteiger partial charge on any atom is -0.466 e. The molecule has 3 nitrogen and oxygen atoms in total. The van der Waals surface area contributed by atoms with Crippen molar-refractivity contribution in [1.82, 2.24) is 0 Å². The van der Waals surface area contributed by atoms with Gasteiger partial charge in [-0.25, -0.2) is 4.79 Å². The molecule has 92 valence electrons. The highest BCUT2D eigenvalue weighted by atomic mass is 28.4. The van der Waals surface area contributed by atoms with Crippen LogP contribution >= 0.6 is 0 Å². The van der Waals surface area contributed by atoms with Crippen LogP contribution in [0.1, 0.15) is 34.6 Å². The molecule has 1 heterocycles. The number of carbonyl (C=O) groups is 1. The molecule has 0 N–H and O–H groups in total. The first kappa shape index (κ1) is 13.5. The van der Waals surface area contributed by atoms with Crippen molar-refractivity contribution in [3.05, 3.63) is 10.8 Å². The highest BCUT2D eigenvalue weighted by molar-refractivity contribution is 6.87. The summed E-state index contributed by atoms with van der Waals surface area (Å²) in [5, 5.41) is 0.861. The summed E-state index contributed by atoms with van der Waals surface area (Å²) in [6, 6.07) is 0. The van der Waals surface area contributed by atoms with Crippen LogP contribution in [0.4, 0.5) is 0 Å². The van der Waals surface area contributed by atoms with Gasteiger partial charge in [-0.05, 0) is 23.6 Å². The van der Waals surface area contributed by atoms with E-state index in [0.29, 0.717) is 17.7 Å². The third-order valence-electron chi connectivity index (χ3n) is 3.45. The van der Waals surface area contributed by atoms with Crippen molar-refractivity contribution in [2.45, 2.75) is 45.7 Å². The summed E-state index contributed by atoms with van der Waals surface area (Å²) >= 11 is 0. The number of hydrogen-bond acceptors (Lipinski definition) is 3. The van der Waals surface area contributed by atoms with E-state index in [4.69, 9.17) is 9.16 Å². The second kappa shape index (κ2) is 4.71. The quantitative estimate of drug-likeness (QED) is 0.564. The zero-order valence-electron chi connectivity index (χ0n) is 11.1. The Labute approximate surface area is 99.0 Å². The van der Waals surface area contributed by atoms with Crippen molar-refractivity contribution in [2.75, 3.05) is 13.7 Å². The number of rotatable bonds is 3. The monoisotopic (exact) mass is 242 g/mol. The molecule has 0 aromatic rings. The maximum atomic E-state index is 11.9. The van der Waals surface area contributed by atoms with Gasteiger partial charge in [0.25, 0.3) is 0 Å². The lowest BCUT2D eigenvalue weighted by atomic mass is 10.3. The smallest absolute Gasteiger partial charge is 0.332 e. The van der Waals surface area contributed by atoms with E-state index >= 15 is 0 Å². The Kier molecular flexibility index (Phi) is 3.96. The molecular formula is C12H22O3Si. The van der Waals surface area contributed by atoms with Gasteiger partial charge < -0.3 is 9.16 Å². The molecule has 0 fully saturated rings. The molecule has 0 bridgehead atoms. The van der Waals surface area contributed by atoms with Crippen molar-refractivity contribution < 1.29 is 14.0 Å². The van der Waals surface area contributed by atoms with E-state index < -0.39 is 8.32 Å². The van der Waals surface area contributed by atoms with Gasteiger partial charge in [0.15, 0.2) is 0 Å². The zero-order valence-corrected chi connectivity index (χ0v) is 12.1. The predicted octanol–water partition coefficient (Wildman–Crippen LogP) is 2.81. The van der Waals surface area contributed by atoms with E-state index in [1.807, 2.05) is 6.92 Å². The van der Waals surface area contributed by atoms with E-state index in [9.17, 15) is 4.79 Å². The molecule has 0 atom stereocenters. The number of esters is 1. The van der Waals surface area contributed by atoms with Gasteiger partial charge in [-0.1, -0.05) is 27.7 Å². The molecule has 0 saturated heterocycles. The first-order chi connectivity index (χ1) is 7.37. The third-order valence-corrected chi connectivity index (χ3v) is 8.92. The summed E-state index contributed by atoms with van der Waals surface area (Å²) in [6.07, 6.45) is 0. The van der Waals surface area contributed by atoms with E-state index in [1.165, 1.54) is 7.11 Å². The molecule has 0 spiro atoms. The summed E-state index contributed by atoms with van der Waals surface area (Å²) in [5.41, 5.74) is 1.83. The van der Waals surface area contributed by atoms with Gasteiger partial charge in [-0.3, -0.25) is 0 Å². The second-order valence-electron chi connectivity index (χ2n) is 5.04. The Hall–Kier alpha value is -0.613. The minimum absolute atomic E-state index is 0.191. The fourth-order valence-electron chi connectivity index (χ4n) is 2.72. The maximum absolute atomic E-state index is 11.9. The van der Waals surface area contributed by atoms with Crippen LogP contribution in [0, 0.1) is 0 Å². The molecule has 16 heavy (non-hydrogen) atoms. The number of ether oxygens (including phenoxy) is 1. The predicted molar refractivity (Wildman–Crippen MR) is 66.6 cm³/mol. The first-order valence-electron chi connectivity index (χ1n) is 5.80. The van der Waals surface area contributed by atoms with Crippen LogP contribution in [0.15, 0.2) is 10.8 Å². The Bertz CT molecular complexity index is 310. The topological polar surface area (TPSA) is 35.5 Å². The molecule has 0 radical (unpaired) electrons. The Balaban J connectivity index is 3.26. The Morgan fingerprint density at radius 1 is 1.31 bits per heavy atom. The van der Waals surface area contributed by atoms with Crippen LogP contribution in [-0.2, 0) is 14.0 Å². The van der Waals surface area contributed by atoms with Crippen LogP contribution in [0.25, 0.3) is 0 Å². The van der Waals surface area contributed by atoms with Crippen LogP contribution < -0.4 is 0 Å². The lowest BCUT2D eigenvalue weighted by Gasteiger charge is -2.35. The maximum Gasteiger partial charge on any atom is 0.332 e. The molecule has 1 aliphatic rings. The average Bonchev–Trinajstić information content (AvgIpc) is 2.56. The molecule has 4 heteroatoms. The molecule has 1 rings (SSSR count). The van der Waals surface area contributed by atoms with Crippen molar-refractivity contribution in [3.63, 3.8) is 0 Å². The van der Waals surface area contributed by atoms with Gasteiger partial charge >= 0.3 is 5.97 Å². The first-order valence-corrected chi connectivity index (χ1v) is 7.86. The molecule has 0 aromatic carbocycles. The second-order valence-corrected chi connectivity index (χ2v) is 9.72. The van der Waals surface area contributed by atoms with Crippen molar-refractivity contribution in [3.8, 4) is 0 Å². The van der Waals surface area contributed by atoms with Gasteiger partial charge in [-0.2, -0.15) is 0 Å². The fraction of sp³-hybridized carbons (Fsp3) is 0.750. The Morgan fingerprint density at radius 3 is 2.19 bits per heavy atom. The molecule has 0 aromatic heterocycles. The number of methoxy groups -OCH3 is 1. The zero-order chi connectivity index (χ0) is 12.5. The highest BCUT2D eigenvalue weighted by Gasteiger charge is 2.52. The summed E-state index contributed by atoms with van der Waals surface area (Å²) in [7, 11) is -0.713. The van der Waals surface area contributed by atoms with Crippen molar-refractivity contribution in [1.29, 1.82) is 0 Å². The number of carbonyl (C=O) groups excluding carboxylic acids is 1. The highest BCUT2D eigenvalue weighted by Crippen LogP contribution is 2.44. The van der Waals surface area contributed by atoms with Gasteiger partial charge in [0.1, 0.15) is 0 Å². The lowest BCUT2D eigenvalue weighted by Crippen LogP contribution is -2.46. The van der Waals surface area contributed by atoms with Crippen LogP contribution in [0.2, 0.25) is 11.1 Å². The van der Waals surface area contributed by atoms with Crippen LogP contribution in [-0.4, -0.2) is 28.0 Å². The van der Waals surface area contributed by atoms with E-state index in [2.05, 4.69) is 27.7 Å². The Morgan fingerprint density at radius 2 is 1.81 bits per heavy atom. The van der Waals surface area contributed by atoms with Gasteiger partial charge in [0.05, 0.1) is 18.9 Å². The molecule has 1 aliphatic heterocycles. The van der Waals surface area contributed by atoms with Crippen LogP contribution in [0.3, 0.4) is 0 Å². The normalized spacial score (nSPS) is 19.8. The SMILES string of the molecule is COC(=O)C1=C(C)CO[Si]1(C(C)C)C(C)C. The van der Waals surface area contributed by atoms with E-state index in [-0.39, 0.29) is 5.97 Å². The van der Waals surface area contributed by atoms with E-state index in [1.54, 1.807) is 0 Å². The summed E-state index contributed by atoms with van der Waals surface area (Å²) in [6.45, 7) is 11.2. The average molecular weight is 242 g/mol. The fourth-order valence-corrected chi connectivity index (χ4v) is 7.63. The molecule has 0 saturated carbocycles. The summed E-state index contributed by atoms with van der Waals surface area (Å²) in [5.74, 6) is -0.191. The molecule has 0 amide bonds. The standard InChI is InChI=1S/C12H22O3Si/c1-8(2)16(9(3)4)11(12(13)14-6)10(5)7-15-16/h8-9H,7H2,1-6H3.